The minimum absolute atomic E-state index is 0.989. The van der Waals surface area contributed by atoms with Gasteiger partial charge in [-0.3, -0.25) is 0 Å². The second kappa shape index (κ2) is 4.09. The van der Waals surface area contributed by atoms with Crippen molar-refractivity contribution in [1.82, 2.24) is 0 Å². The molecule has 0 aliphatic carbocycles. The second-order valence-corrected chi connectivity index (χ2v) is 6.63. The third-order valence-electron chi connectivity index (χ3n) is 2.49. The van der Waals surface area contributed by atoms with E-state index in [0.717, 1.165) is 3.14 Å². The number of benzene rings is 2. The summed E-state index contributed by atoms with van der Waals surface area (Å²) in [4.78, 5) is 1.26. The van der Waals surface area contributed by atoms with E-state index in [1.165, 1.54) is 21.2 Å². The van der Waals surface area contributed by atoms with Gasteiger partial charge in [0.15, 0.2) is 0 Å². The Kier molecular flexibility index (Phi) is 2.59. The van der Waals surface area contributed by atoms with Gasteiger partial charge in [-0.1, -0.05) is 48.6 Å². The predicted octanol–water partition coefficient (Wildman–Crippen LogP) is 5.36. The van der Waals surface area contributed by atoms with Crippen molar-refractivity contribution in [3.63, 3.8) is 0 Å². The third-order valence-corrected chi connectivity index (χ3v) is 5.00. The first-order valence-corrected chi connectivity index (χ1v) is 7.01. The van der Waals surface area contributed by atoms with Gasteiger partial charge in [0.05, 0.1) is 0 Å². The van der Waals surface area contributed by atoms with Gasteiger partial charge in [0, 0.05) is 10.3 Å². The van der Waals surface area contributed by atoms with E-state index >= 15 is 0 Å². The maximum absolute atomic E-state index is 5.17. The van der Waals surface area contributed by atoms with Crippen LogP contribution in [0.4, 0.5) is 0 Å². The Morgan fingerprint density at radius 2 is 1.75 bits per heavy atom. The molecule has 0 aliphatic rings. The zero-order valence-electron chi connectivity index (χ0n) is 8.34. The molecular formula is C13H8S3. The Morgan fingerprint density at radius 3 is 2.50 bits per heavy atom. The first-order valence-electron chi connectivity index (χ1n) is 4.91. The standard InChI is InChI=1S/C13H8S3/c14-13-15-8-12(16-13)11-6-5-9-3-1-2-4-10(9)7-11/h1-8H. The lowest BCUT2D eigenvalue weighted by Crippen LogP contribution is -1.74. The molecule has 0 N–H and O–H groups in total. The zero-order chi connectivity index (χ0) is 11.0. The molecule has 0 radical (unpaired) electrons. The summed E-state index contributed by atoms with van der Waals surface area (Å²) >= 11 is 8.49. The van der Waals surface area contributed by atoms with Crippen LogP contribution in [0.2, 0.25) is 0 Å². The monoisotopic (exact) mass is 260 g/mol. The molecule has 0 spiro atoms. The predicted molar refractivity (Wildman–Crippen MR) is 76.0 cm³/mol. The second-order valence-electron chi connectivity index (χ2n) is 3.51. The molecule has 0 nitrogen and oxygen atoms in total. The van der Waals surface area contributed by atoms with Crippen molar-refractivity contribution in [2.24, 2.45) is 0 Å². The van der Waals surface area contributed by atoms with Crippen molar-refractivity contribution in [2.75, 3.05) is 0 Å². The normalized spacial score (nSPS) is 10.8. The summed E-state index contributed by atoms with van der Waals surface area (Å²) in [5.41, 5.74) is 1.26. The average Bonchev–Trinajstić information content (AvgIpc) is 2.75. The van der Waals surface area contributed by atoms with Crippen LogP contribution < -0.4 is 0 Å². The van der Waals surface area contributed by atoms with E-state index in [4.69, 9.17) is 12.2 Å². The summed E-state index contributed by atoms with van der Waals surface area (Å²) in [5, 5.41) is 4.70. The molecule has 0 amide bonds. The van der Waals surface area contributed by atoms with Crippen LogP contribution in [0, 0.1) is 3.14 Å². The fourth-order valence-electron chi connectivity index (χ4n) is 1.71. The topological polar surface area (TPSA) is 0 Å². The van der Waals surface area contributed by atoms with Crippen LogP contribution in [0.15, 0.2) is 47.8 Å². The smallest absolute Gasteiger partial charge is 0.121 e. The van der Waals surface area contributed by atoms with Gasteiger partial charge in [-0.15, -0.1) is 22.7 Å². The zero-order valence-corrected chi connectivity index (χ0v) is 10.8. The van der Waals surface area contributed by atoms with E-state index in [-0.39, 0.29) is 0 Å². The van der Waals surface area contributed by atoms with Crippen molar-refractivity contribution < 1.29 is 0 Å². The molecule has 0 atom stereocenters. The highest BCUT2D eigenvalue weighted by atomic mass is 32.2. The molecular weight excluding hydrogens is 252 g/mol. The number of rotatable bonds is 1. The van der Waals surface area contributed by atoms with E-state index in [1.54, 1.807) is 22.7 Å². The fourth-order valence-corrected chi connectivity index (χ4v) is 3.83. The van der Waals surface area contributed by atoms with E-state index in [2.05, 4.69) is 47.8 Å². The van der Waals surface area contributed by atoms with Crippen molar-refractivity contribution in [1.29, 1.82) is 0 Å². The maximum atomic E-state index is 5.17. The Hall–Kier alpha value is -1.03. The highest BCUT2D eigenvalue weighted by Crippen LogP contribution is 2.30. The van der Waals surface area contributed by atoms with E-state index in [1.807, 2.05) is 0 Å². The first kappa shape index (κ1) is 10.1. The quantitative estimate of drug-likeness (QED) is 0.531. The van der Waals surface area contributed by atoms with Crippen LogP contribution in [-0.4, -0.2) is 0 Å². The molecule has 0 saturated carbocycles. The molecule has 1 heterocycles. The van der Waals surface area contributed by atoms with Gasteiger partial charge in [-0.2, -0.15) is 0 Å². The summed E-state index contributed by atoms with van der Waals surface area (Å²) in [6.07, 6.45) is 0. The summed E-state index contributed by atoms with van der Waals surface area (Å²) in [7, 11) is 0. The first-order chi connectivity index (χ1) is 7.83. The Balaban J connectivity index is 2.22. The van der Waals surface area contributed by atoms with Crippen molar-refractivity contribution >= 4 is 45.7 Å². The van der Waals surface area contributed by atoms with Crippen LogP contribution >= 0.6 is 34.9 Å². The van der Waals surface area contributed by atoms with Crippen molar-refractivity contribution in [3.8, 4) is 10.4 Å². The molecule has 0 aliphatic heterocycles. The van der Waals surface area contributed by atoms with Gasteiger partial charge < -0.3 is 0 Å². The SMILES string of the molecule is S=c1scc(-c2ccc3ccccc3c2)s1. The Labute approximate surface area is 107 Å². The summed E-state index contributed by atoms with van der Waals surface area (Å²) < 4.78 is 0.989. The van der Waals surface area contributed by atoms with Crippen LogP contribution in [0.3, 0.4) is 0 Å². The summed E-state index contributed by atoms with van der Waals surface area (Å²) in [5.74, 6) is 0. The van der Waals surface area contributed by atoms with Crippen LogP contribution in [0.1, 0.15) is 0 Å². The van der Waals surface area contributed by atoms with Crippen molar-refractivity contribution in [3.05, 3.63) is 51.0 Å². The van der Waals surface area contributed by atoms with Gasteiger partial charge in [0.1, 0.15) is 3.14 Å². The fraction of sp³-hybridized carbons (Fsp3) is 0. The van der Waals surface area contributed by atoms with E-state index in [0.29, 0.717) is 0 Å². The lowest BCUT2D eigenvalue weighted by molar-refractivity contribution is 1.74. The number of fused-ring (bicyclic) bond motifs is 1. The molecule has 0 saturated heterocycles. The highest BCUT2D eigenvalue weighted by Gasteiger charge is 2.01. The molecule has 0 unspecified atom stereocenters. The molecule has 16 heavy (non-hydrogen) atoms. The van der Waals surface area contributed by atoms with Crippen molar-refractivity contribution in [2.45, 2.75) is 0 Å². The minimum Gasteiger partial charge on any atom is -0.121 e. The molecule has 78 valence electrons. The molecule has 3 aromatic rings. The Bertz CT molecular complexity index is 691. The molecule has 3 heteroatoms. The molecule has 0 fully saturated rings. The van der Waals surface area contributed by atoms with E-state index < -0.39 is 0 Å². The van der Waals surface area contributed by atoms with E-state index in [9.17, 15) is 0 Å². The van der Waals surface area contributed by atoms with Crippen LogP contribution in [-0.2, 0) is 0 Å². The van der Waals surface area contributed by atoms with Gasteiger partial charge in [0.2, 0.25) is 0 Å². The largest absolute Gasteiger partial charge is 0.144 e. The Morgan fingerprint density at radius 1 is 0.938 bits per heavy atom. The summed E-state index contributed by atoms with van der Waals surface area (Å²) in [6.45, 7) is 0. The van der Waals surface area contributed by atoms with Crippen LogP contribution in [0.25, 0.3) is 21.2 Å². The minimum atomic E-state index is 0.989. The molecule has 1 aromatic heterocycles. The highest BCUT2D eigenvalue weighted by molar-refractivity contribution is 7.76. The molecule has 2 aromatic carbocycles. The van der Waals surface area contributed by atoms with Gasteiger partial charge in [0.25, 0.3) is 0 Å². The molecule has 3 rings (SSSR count). The molecule has 0 bridgehead atoms. The third kappa shape index (κ3) is 1.82. The van der Waals surface area contributed by atoms with Gasteiger partial charge in [-0.25, -0.2) is 0 Å². The van der Waals surface area contributed by atoms with Gasteiger partial charge in [-0.05, 0) is 22.4 Å². The average molecular weight is 260 g/mol. The van der Waals surface area contributed by atoms with Crippen LogP contribution in [0.5, 0.6) is 0 Å². The number of hydrogen-bond acceptors (Lipinski definition) is 3. The summed E-state index contributed by atoms with van der Waals surface area (Å²) in [6, 6.07) is 15.0. The lowest BCUT2D eigenvalue weighted by atomic mass is 10.1. The lowest BCUT2D eigenvalue weighted by Gasteiger charge is -2.00. The number of hydrogen-bond donors (Lipinski definition) is 0. The van der Waals surface area contributed by atoms with Gasteiger partial charge >= 0.3 is 0 Å². The maximum Gasteiger partial charge on any atom is 0.144 e.